The molecule has 0 saturated heterocycles. The first kappa shape index (κ1) is 18.6. The van der Waals surface area contributed by atoms with Crippen LogP contribution >= 0.6 is 23.4 Å². The summed E-state index contributed by atoms with van der Waals surface area (Å²) in [5.41, 5.74) is 0.948. The highest BCUT2D eigenvalue weighted by Gasteiger charge is 2.27. The third kappa shape index (κ3) is 7.56. The van der Waals surface area contributed by atoms with Crippen LogP contribution in [0, 0.1) is 0 Å². The summed E-state index contributed by atoms with van der Waals surface area (Å²) in [5, 5.41) is 3.97. The van der Waals surface area contributed by atoms with E-state index in [1.807, 2.05) is 24.4 Å². The molecule has 3 amide bonds. The summed E-state index contributed by atoms with van der Waals surface area (Å²) in [7, 11) is 0. The molecular weight excluding hydrogens is 341 g/mol. The Morgan fingerprint density at radius 3 is 2.41 bits per heavy atom. The van der Waals surface area contributed by atoms with Crippen molar-refractivity contribution in [2.75, 3.05) is 12.3 Å². The molecule has 0 aliphatic heterocycles. The van der Waals surface area contributed by atoms with Gasteiger partial charge in [-0.1, -0.05) is 23.7 Å². The molecule has 0 aliphatic carbocycles. The minimum absolute atomic E-state index is 0.0266. The lowest BCUT2D eigenvalue weighted by molar-refractivity contribution is -0.124. The maximum atomic E-state index is 11.9. The minimum Gasteiger partial charge on any atom is -0.329 e. The zero-order valence-electron chi connectivity index (χ0n) is 11.5. The van der Waals surface area contributed by atoms with Crippen LogP contribution in [0.5, 0.6) is 0 Å². The number of rotatable bonds is 5. The number of urea groups is 1. The maximum absolute atomic E-state index is 11.9. The Kier molecular flexibility index (Phi) is 7.02. The number of thioether (sulfide) groups is 1. The molecule has 0 radical (unpaired) electrons. The molecule has 1 atom stereocenters. The third-order valence-electron chi connectivity index (χ3n) is 2.51. The smallest absolute Gasteiger partial charge is 0.329 e. The molecule has 1 aromatic rings. The van der Waals surface area contributed by atoms with E-state index in [0.29, 0.717) is 5.02 Å². The molecule has 2 N–H and O–H groups in total. The van der Waals surface area contributed by atoms with Crippen molar-refractivity contribution < 1.29 is 22.8 Å². The van der Waals surface area contributed by atoms with Crippen molar-refractivity contribution in [3.05, 3.63) is 34.9 Å². The number of halogens is 4. The molecule has 122 valence electrons. The van der Waals surface area contributed by atoms with Gasteiger partial charge in [-0.05, 0) is 24.6 Å². The maximum Gasteiger partial charge on any atom is 0.405 e. The first-order valence-electron chi connectivity index (χ1n) is 6.19. The first-order chi connectivity index (χ1) is 10.2. The normalized spacial score (nSPS) is 12.6. The molecule has 22 heavy (non-hydrogen) atoms. The van der Waals surface area contributed by atoms with Crippen molar-refractivity contribution >= 4 is 35.3 Å². The Morgan fingerprint density at radius 1 is 1.27 bits per heavy atom. The predicted molar refractivity (Wildman–Crippen MR) is 79.9 cm³/mol. The summed E-state index contributed by atoms with van der Waals surface area (Å²) in [6.07, 6.45) is -4.52. The molecular formula is C13H14ClF3N2O2S. The number of hydrogen-bond donors (Lipinski definition) is 2. The van der Waals surface area contributed by atoms with E-state index in [-0.39, 0.29) is 11.0 Å². The van der Waals surface area contributed by atoms with Gasteiger partial charge in [0, 0.05) is 10.3 Å². The lowest BCUT2D eigenvalue weighted by Crippen LogP contribution is -2.44. The van der Waals surface area contributed by atoms with E-state index in [4.69, 9.17) is 11.6 Å². The number of imide groups is 1. The van der Waals surface area contributed by atoms with Crippen molar-refractivity contribution in [3.8, 4) is 0 Å². The number of hydrogen-bond acceptors (Lipinski definition) is 3. The zero-order valence-corrected chi connectivity index (χ0v) is 13.1. The van der Waals surface area contributed by atoms with Gasteiger partial charge in [0.1, 0.15) is 6.54 Å². The largest absolute Gasteiger partial charge is 0.405 e. The molecule has 0 spiro atoms. The number of carbonyl (C=O) groups is 2. The molecule has 0 aliphatic rings. The van der Waals surface area contributed by atoms with Crippen molar-refractivity contribution in [1.82, 2.24) is 10.6 Å². The van der Waals surface area contributed by atoms with E-state index < -0.39 is 24.7 Å². The number of benzene rings is 1. The van der Waals surface area contributed by atoms with Gasteiger partial charge in [0.15, 0.2) is 0 Å². The topological polar surface area (TPSA) is 58.2 Å². The van der Waals surface area contributed by atoms with Crippen molar-refractivity contribution in [1.29, 1.82) is 0 Å². The van der Waals surface area contributed by atoms with Crippen molar-refractivity contribution in [2.45, 2.75) is 18.3 Å². The van der Waals surface area contributed by atoms with E-state index in [9.17, 15) is 22.8 Å². The average Bonchev–Trinajstić information content (AvgIpc) is 2.42. The number of alkyl halides is 3. The third-order valence-corrected chi connectivity index (χ3v) is 3.96. The Hall–Kier alpha value is -1.41. The van der Waals surface area contributed by atoms with Gasteiger partial charge < -0.3 is 5.32 Å². The van der Waals surface area contributed by atoms with Crippen molar-refractivity contribution in [2.24, 2.45) is 0 Å². The fourth-order valence-electron chi connectivity index (χ4n) is 1.42. The van der Waals surface area contributed by atoms with Gasteiger partial charge in [0.05, 0.1) is 5.75 Å². The van der Waals surface area contributed by atoms with E-state index in [1.165, 1.54) is 11.8 Å². The monoisotopic (exact) mass is 354 g/mol. The lowest BCUT2D eigenvalue weighted by Gasteiger charge is -2.12. The summed E-state index contributed by atoms with van der Waals surface area (Å²) < 4.78 is 35.6. The fraction of sp³-hybridized carbons (Fsp3) is 0.385. The van der Waals surface area contributed by atoms with Crippen LogP contribution in [0.4, 0.5) is 18.0 Å². The molecule has 1 unspecified atom stereocenters. The van der Waals surface area contributed by atoms with Gasteiger partial charge in [-0.3, -0.25) is 10.1 Å². The molecule has 0 bridgehead atoms. The Bertz CT molecular complexity index is 523. The first-order valence-corrected chi connectivity index (χ1v) is 7.61. The minimum atomic E-state index is -4.52. The average molecular weight is 355 g/mol. The van der Waals surface area contributed by atoms with Gasteiger partial charge in [-0.15, -0.1) is 11.8 Å². The highest BCUT2D eigenvalue weighted by atomic mass is 35.5. The summed E-state index contributed by atoms with van der Waals surface area (Å²) in [6.45, 7) is 0.380. The fourth-order valence-corrected chi connectivity index (χ4v) is 2.37. The van der Waals surface area contributed by atoms with Crippen LogP contribution in [0.1, 0.15) is 17.7 Å². The van der Waals surface area contributed by atoms with E-state index in [2.05, 4.69) is 0 Å². The Morgan fingerprint density at radius 2 is 1.86 bits per heavy atom. The Balaban J connectivity index is 2.33. The molecule has 0 aromatic heterocycles. The summed E-state index contributed by atoms with van der Waals surface area (Å²) in [6, 6.07) is 5.90. The molecule has 1 aromatic carbocycles. The van der Waals surface area contributed by atoms with Crippen LogP contribution < -0.4 is 10.6 Å². The van der Waals surface area contributed by atoms with Crippen LogP contribution in [0.25, 0.3) is 0 Å². The van der Waals surface area contributed by atoms with Crippen LogP contribution in [-0.2, 0) is 4.79 Å². The van der Waals surface area contributed by atoms with Crippen LogP contribution in [0.2, 0.25) is 5.02 Å². The Labute approximate surface area is 134 Å². The van der Waals surface area contributed by atoms with E-state index in [0.717, 1.165) is 5.56 Å². The summed E-state index contributed by atoms with van der Waals surface area (Å²) in [4.78, 5) is 22.6. The second-order valence-corrected chi connectivity index (χ2v) is 6.12. The highest BCUT2D eigenvalue weighted by molar-refractivity contribution is 8.00. The van der Waals surface area contributed by atoms with Gasteiger partial charge in [-0.25, -0.2) is 4.79 Å². The molecule has 0 saturated carbocycles. The van der Waals surface area contributed by atoms with Crippen LogP contribution in [-0.4, -0.2) is 30.4 Å². The number of nitrogens with one attached hydrogen (secondary N) is 2. The van der Waals surface area contributed by atoms with Crippen LogP contribution in [0.15, 0.2) is 24.3 Å². The summed E-state index contributed by atoms with van der Waals surface area (Å²) >= 11 is 7.02. The highest BCUT2D eigenvalue weighted by Crippen LogP contribution is 2.28. The molecule has 0 heterocycles. The molecule has 4 nitrogen and oxygen atoms in total. The molecule has 1 rings (SSSR count). The number of carbonyl (C=O) groups excluding carboxylic acids is 2. The van der Waals surface area contributed by atoms with Crippen LogP contribution in [0.3, 0.4) is 0 Å². The van der Waals surface area contributed by atoms with Gasteiger partial charge >= 0.3 is 12.2 Å². The molecule has 0 fully saturated rings. The van der Waals surface area contributed by atoms with E-state index in [1.54, 1.807) is 17.4 Å². The quantitative estimate of drug-likeness (QED) is 0.850. The lowest BCUT2D eigenvalue weighted by atomic mass is 10.2. The second kappa shape index (κ2) is 8.28. The molecule has 9 heteroatoms. The number of amides is 3. The standard InChI is InChI=1S/C13H14ClF3N2O2S/c1-8(9-2-4-10(14)5-3-9)22-6-11(20)19-12(21)18-7-13(15,16)17/h2-5,8H,6-7H2,1H3,(H2,18,19,20,21). The second-order valence-electron chi connectivity index (χ2n) is 4.35. The van der Waals surface area contributed by atoms with E-state index >= 15 is 0 Å². The van der Waals surface area contributed by atoms with Gasteiger partial charge in [-0.2, -0.15) is 13.2 Å². The zero-order chi connectivity index (χ0) is 16.8. The van der Waals surface area contributed by atoms with Gasteiger partial charge in [0.25, 0.3) is 0 Å². The predicted octanol–water partition coefficient (Wildman–Crippen LogP) is 3.52. The SMILES string of the molecule is CC(SCC(=O)NC(=O)NCC(F)(F)F)c1ccc(Cl)cc1. The summed E-state index contributed by atoms with van der Waals surface area (Å²) in [5.74, 6) is -0.714. The van der Waals surface area contributed by atoms with Crippen molar-refractivity contribution in [3.63, 3.8) is 0 Å². The van der Waals surface area contributed by atoms with Gasteiger partial charge in [0.2, 0.25) is 5.91 Å².